The number of rotatable bonds is 7. The van der Waals surface area contributed by atoms with Crippen LogP contribution in [0.3, 0.4) is 0 Å². The Hall–Kier alpha value is -0.900. The molecule has 0 saturated carbocycles. The lowest BCUT2D eigenvalue weighted by Gasteiger charge is -2.37. The van der Waals surface area contributed by atoms with Gasteiger partial charge in [0.15, 0.2) is 0 Å². The molecular formula is C19H32N2O. The lowest BCUT2D eigenvalue weighted by Crippen LogP contribution is -2.48. The lowest BCUT2D eigenvalue weighted by molar-refractivity contribution is 0.0657. The van der Waals surface area contributed by atoms with Crippen LogP contribution in [0.15, 0.2) is 24.3 Å². The second kappa shape index (κ2) is 8.66. The molecule has 0 spiro atoms. The second-order valence-electron chi connectivity index (χ2n) is 6.75. The maximum atomic E-state index is 5.65. The maximum absolute atomic E-state index is 5.65. The van der Waals surface area contributed by atoms with Crippen molar-refractivity contribution in [2.24, 2.45) is 0 Å². The summed E-state index contributed by atoms with van der Waals surface area (Å²) in [5, 5.41) is 0. The van der Waals surface area contributed by atoms with Crippen LogP contribution in [0, 0.1) is 0 Å². The van der Waals surface area contributed by atoms with Gasteiger partial charge in [-0.05, 0) is 38.3 Å². The second-order valence-corrected chi connectivity index (χ2v) is 6.75. The van der Waals surface area contributed by atoms with Crippen molar-refractivity contribution < 1.29 is 4.74 Å². The van der Waals surface area contributed by atoms with Gasteiger partial charge in [-0.25, -0.2) is 0 Å². The smallest absolute Gasteiger partial charge is 0.0720 e. The Morgan fingerprint density at radius 1 is 0.955 bits per heavy atom. The minimum absolute atomic E-state index is 0.293. The molecule has 1 aliphatic heterocycles. The van der Waals surface area contributed by atoms with Crippen LogP contribution in [-0.4, -0.2) is 48.1 Å². The first-order chi connectivity index (χ1) is 10.6. The largest absolute Gasteiger partial charge is 0.374 e. The molecule has 0 radical (unpaired) electrons. The van der Waals surface area contributed by atoms with Gasteiger partial charge in [-0.15, -0.1) is 0 Å². The van der Waals surface area contributed by atoms with Crippen molar-refractivity contribution in [3.05, 3.63) is 35.4 Å². The van der Waals surface area contributed by atoms with Gasteiger partial charge in [0.1, 0.15) is 0 Å². The topological polar surface area (TPSA) is 15.7 Å². The summed E-state index contributed by atoms with van der Waals surface area (Å²) >= 11 is 0. The summed E-state index contributed by atoms with van der Waals surface area (Å²) in [4.78, 5) is 5.18. The van der Waals surface area contributed by atoms with E-state index in [0.717, 1.165) is 12.6 Å². The molecular weight excluding hydrogens is 272 g/mol. The van der Waals surface area contributed by atoms with Gasteiger partial charge >= 0.3 is 0 Å². The van der Waals surface area contributed by atoms with E-state index >= 15 is 0 Å². The van der Waals surface area contributed by atoms with E-state index in [9.17, 15) is 0 Å². The zero-order valence-corrected chi connectivity index (χ0v) is 14.7. The predicted octanol–water partition coefficient (Wildman–Crippen LogP) is 3.53. The fourth-order valence-electron chi connectivity index (χ4n) is 2.88. The highest BCUT2D eigenvalue weighted by molar-refractivity contribution is 5.22. The molecule has 0 amide bonds. The minimum atomic E-state index is 0.293. The monoisotopic (exact) mass is 304 g/mol. The van der Waals surface area contributed by atoms with Gasteiger partial charge in [0.2, 0.25) is 0 Å². The summed E-state index contributed by atoms with van der Waals surface area (Å²) in [6.07, 6.45) is 1.54. The highest BCUT2D eigenvalue weighted by atomic mass is 16.5. The summed E-state index contributed by atoms with van der Waals surface area (Å²) in [5.74, 6) is 0. The summed E-state index contributed by atoms with van der Waals surface area (Å²) in [6.45, 7) is 15.3. The van der Waals surface area contributed by atoms with Crippen LogP contribution in [-0.2, 0) is 17.9 Å². The third-order valence-corrected chi connectivity index (χ3v) is 4.63. The lowest BCUT2D eigenvalue weighted by atomic mass is 10.1. The van der Waals surface area contributed by atoms with Crippen LogP contribution in [0.25, 0.3) is 0 Å². The molecule has 3 heteroatoms. The number of hydrogen-bond acceptors (Lipinski definition) is 3. The van der Waals surface area contributed by atoms with E-state index in [-0.39, 0.29) is 0 Å². The molecule has 0 N–H and O–H groups in total. The molecule has 0 aromatic heterocycles. The Morgan fingerprint density at radius 2 is 1.55 bits per heavy atom. The molecule has 1 heterocycles. The number of nitrogens with zero attached hydrogens (tertiary/aromatic N) is 2. The first-order valence-electron chi connectivity index (χ1n) is 8.74. The molecule has 0 aliphatic carbocycles. The Balaban J connectivity index is 1.77. The van der Waals surface area contributed by atoms with E-state index in [1.165, 1.54) is 43.7 Å². The molecule has 1 aromatic carbocycles. The minimum Gasteiger partial charge on any atom is -0.374 e. The van der Waals surface area contributed by atoms with Crippen molar-refractivity contribution in [2.75, 3.05) is 26.2 Å². The normalized spacial score (nSPS) is 18.8. The molecule has 3 nitrogen and oxygen atoms in total. The number of ether oxygens (including phenoxy) is 1. The average Bonchev–Trinajstić information content (AvgIpc) is 2.54. The Morgan fingerprint density at radius 3 is 2.09 bits per heavy atom. The Labute approximate surface area is 136 Å². The molecule has 1 saturated heterocycles. The van der Waals surface area contributed by atoms with E-state index in [1.807, 2.05) is 0 Å². The van der Waals surface area contributed by atoms with Gasteiger partial charge in [0, 0.05) is 38.8 Å². The highest BCUT2D eigenvalue weighted by Gasteiger charge is 2.19. The van der Waals surface area contributed by atoms with E-state index < -0.39 is 0 Å². The van der Waals surface area contributed by atoms with Crippen LogP contribution in [0.5, 0.6) is 0 Å². The quantitative estimate of drug-likeness (QED) is 0.766. The third kappa shape index (κ3) is 5.38. The molecule has 124 valence electrons. The van der Waals surface area contributed by atoms with Crippen molar-refractivity contribution in [1.29, 1.82) is 0 Å². The van der Waals surface area contributed by atoms with Gasteiger partial charge < -0.3 is 4.74 Å². The zero-order valence-electron chi connectivity index (χ0n) is 14.7. The first kappa shape index (κ1) is 17.5. The van der Waals surface area contributed by atoms with Crippen molar-refractivity contribution in [1.82, 2.24) is 9.80 Å². The molecule has 22 heavy (non-hydrogen) atoms. The highest BCUT2D eigenvalue weighted by Crippen LogP contribution is 2.13. The van der Waals surface area contributed by atoms with E-state index in [4.69, 9.17) is 4.74 Å². The zero-order chi connectivity index (χ0) is 15.9. The van der Waals surface area contributed by atoms with Gasteiger partial charge in [-0.3, -0.25) is 9.80 Å². The van der Waals surface area contributed by atoms with Crippen LogP contribution in [0.2, 0.25) is 0 Å². The van der Waals surface area contributed by atoms with Crippen molar-refractivity contribution >= 4 is 0 Å². The molecule has 1 aliphatic rings. The fourth-order valence-corrected chi connectivity index (χ4v) is 2.88. The van der Waals surface area contributed by atoms with Crippen molar-refractivity contribution in [2.45, 2.75) is 59.4 Å². The van der Waals surface area contributed by atoms with Crippen molar-refractivity contribution in [3.63, 3.8) is 0 Å². The molecule has 1 fully saturated rings. The summed E-state index contributed by atoms with van der Waals surface area (Å²) < 4.78 is 5.65. The number of piperazine rings is 1. The van der Waals surface area contributed by atoms with Crippen molar-refractivity contribution in [3.8, 4) is 0 Å². The van der Waals surface area contributed by atoms with Gasteiger partial charge in [-0.1, -0.05) is 31.2 Å². The third-order valence-electron chi connectivity index (χ3n) is 4.63. The van der Waals surface area contributed by atoms with E-state index in [2.05, 4.69) is 61.8 Å². The molecule has 1 unspecified atom stereocenters. The molecule has 1 aromatic rings. The molecule has 2 rings (SSSR count). The number of benzene rings is 1. The standard InChI is InChI=1S/C19H32N2O/c1-5-17(4)21-12-10-20(11-13-21)14-18-6-8-19(9-7-18)15-22-16(2)3/h6-9,16-17H,5,10-15H2,1-4H3. The molecule has 0 bridgehead atoms. The van der Waals surface area contributed by atoms with Crippen LogP contribution in [0.1, 0.15) is 45.2 Å². The summed E-state index contributed by atoms with van der Waals surface area (Å²) in [7, 11) is 0. The summed E-state index contributed by atoms with van der Waals surface area (Å²) in [6, 6.07) is 9.63. The molecule has 1 atom stereocenters. The van der Waals surface area contributed by atoms with E-state index in [0.29, 0.717) is 12.7 Å². The first-order valence-corrected chi connectivity index (χ1v) is 8.74. The maximum Gasteiger partial charge on any atom is 0.0720 e. The number of hydrogen-bond donors (Lipinski definition) is 0. The van der Waals surface area contributed by atoms with Crippen LogP contribution < -0.4 is 0 Å². The van der Waals surface area contributed by atoms with Gasteiger partial charge in [0.25, 0.3) is 0 Å². The van der Waals surface area contributed by atoms with Crippen LogP contribution in [0.4, 0.5) is 0 Å². The average molecular weight is 304 g/mol. The SMILES string of the molecule is CCC(C)N1CCN(Cc2ccc(COC(C)C)cc2)CC1. The summed E-state index contributed by atoms with van der Waals surface area (Å²) in [5.41, 5.74) is 2.67. The predicted molar refractivity (Wildman–Crippen MR) is 93.0 cm³/mol. The Kier molecular flexibility index (Phi) is 6.87. The van der Waals surface area contributed by atoms with Gasteiger partial charge in [-0.2, -0.15) is 0 Å². The van der Waals surface area contributed by atoms with Gasteiger partial charge in [0.05, 0.1) is 12.7 Å². The van der Waals surface area contributed by atoms with Crippen LogP contribution >= 0.6 is 0 Å². The van der Waals surface area contributed by atoms with E-state index in [1.54, 1.807) is 0 Å². The fraction of sp³-hybridized carbons (Fsp3) is 0.684. The Bertz CT molecular complexity index is 422.